The zero-order valence-corrected chi connectivity index (χ0v) is 19.4. The molecule has 1 aliphatic heterocycles. The maximum atomic E-state index is 13.8. The third-order valence-corrected chi connectivity index (χ3v) is 6.56. The third kappa shape index (κ3) is 4.99. The van der Waals surface area contributed by atoms with E-state index in [1.54, 1.807) is 6.33 Å². The third-order valence-electron chi connectivity index (χ3n) is 6.56. The maximum Gasteiger partial charge on any atom is 0.244 e. The number of hydrogen-bond donors (Lipinski definition) is 1. The summed E-state index contributed by atoms with van der Waals surface area (Å²) in [5.41, 5.74) is 4.93. The average Bonchev–Trinajstić information content (AvgIpc) is 3.37. The molecule has 6 nitrogen and oxygen atoms in total. The number of aromatic amines is 1. The second kappa shape index (κ2) is 10.5. The van der Waals surface area contributed by atoms with Crippen LogP contribution < -0.4 is 4.90 Å². The first-order chi connectivity index (χ1) is 16.1. The second-order valence-corrected chi connectivity index (χ2v) is 8.71. The van der Waals surface area contributed by atoms with Crippen LogP contribution >= 0.6 is 0 Å². The Morgan fingerprint density at radius 2 is 1.97 bits per heavy atom. The van der Waals surface area contributed by atoms with Gasteiger partial charge in [-0.2, -0.15) is 5.26 Å². The number of nitriles is 1. The van der Waals surface area contributed by atoms with Crippen molar-refractivity contribution in [3.8, 4) is 6.07 Å². The summed E-state index contributed by atoms with van der Waals surface area (Å²) < 4.78 is 0. The second-order valence-electron chi connectivity index (χ2n) is 8.71. The van der Waals surface area contributed by atoms with E-state index >= 15 is 0 Å². The first kappa shape index (κ1) is 22.8. The van der Waals surface area contributed by atoms with Crippen molar-refractivity contribution in [3.63, 3.8) is 0 Å². The van der Waals surface area contributed by atoms with Crippen LogP contribution in [0.4, 0.5) is 5.69 Å². The van der Waals surface area contributed by atoms with Crippen LogP contribution in [-0.2, 0) is 11.2 Å². The molecule has 1 amide bonds. The van der Waals surface area contributed by atoms with Crippen LogP contribution in [0.1, 0.15) is 54.6 Å². The molecule has 1 saturated heterocycles. The number of amides is 1. The highest BCUT2D eigenvalue weighted by Gasteiger charge is 2.39. The number of hydrogen-bond acceptors (Lipinski definition) is 4. The lowest BCUT2D eigenvalue weighted by molar-refractivity contribution is -0.127. The minimum Gasteiger partial charge on any atom is -0.347 e. The van der Waals surface area contributed by atoms with Gasteiger partial charge in [-0.3, -0.25) is 9.69 Å². The number of aromatic nitrogens is 2. The van der Waals surface area contributed by atoms with Crippen LogP contribution in [-0.4, -0.2) is 39.9 Å². The molecule has 3 aromatic rings. The number of para-hydroxylation sites is 1. The molecule has 2 aromatic carbocycles. The lowest BCUT2D eigenvalue weighted by Crippen LogP contribution is -2.58. The predicted octanol–water partition coefficient (Wildman–Crippen LogP) is 4.78. The number of unbranched alkanes of at least 4 members (excludes halogenated alkanes) is 1. The fraction of sp³-hybridized carbons (Fsp3) is 0.370. The molecule has 6 heteroatoms. The van der Waals surface area contributed by atoms with Crippen molar-refractivity contribution in [2.45, 2.75) is 51.6 Å². The number of benzene rings is 2. The Morgan fingerprint density at radius 1 is 1.18 bits per heavy atom. The van der Waals surface area contributed by atoms with Gasteiger partial charge in [0.15, 0.2) is 0 Å². The van der Waals surface area contributed by atoms with Crippen LogP contribution in [0.3, 0.4) is 0 Å². The maximum absolute atomic E-state index is 13.8. The van der Waals surface area contributed by atoms with Gasteiger partial charge in [0.1, 0.15) is 0 Å². The van der Waals surface area contributed by atoms with Gasteiger partial charge in [0, 0.05) is 25.0 Å². The van der Waals surface area contributed by atoms with Gasteiger partial charge in [-0.1, -0.05) is 50.1 Å². The SMILES string of the molecule is CCCC[C@H]1C(=O)N(c2ccccc2C)CCN1C(Cc1ccc(C#N)cc1)c1cnc[nH]1. The summed E-state index contributed by atoms with van der Waals surface area (Å²) in [5.74, 6) is 0.174. The van der Waals surface area contributed by atoms with E-state index in [2.05, 4.69) is 40.9 Å². The van der Waals surface area contributed by atoms with Crippen LogP contribution in [0.25, 0.3) is 0 Å². The Kier molecular flexibility index (Phi) is 7.21. The fourth-order valence-electron chi connectivity index (χ4n) is 4.76. The normalized spacial score (nSPS) is 17.7. The van der Waals surface area contributed by atoms with Crippen molar-refractivity contribution in [3.05, 3.63) is 83.4 Å². The molecular weight excluding hydrogens is 410 g/mol. The molecule has 0 aliphatic carbocycles. The quantitative estimate of drug-likeness (QED) is 0.546. The van der Waals surface area contributed by atoms with Crippen LogP contribution in [0.5, 0.6) is 0 Å². The van der Waals surface area contributed by atoms with Gasteiger partial charge in [-0.05, 0) is 49.1 Å². The van der Waals surface area contributed by atoms with Crippen molar-refractivity contribution in [2.24, 2.45) is 0 Å². The Labute approximate surface area is 195 Å². The Bertz CT molecular complexity index is 1100. The van der Waals surface area contributed by atoms with Crippen molar-refractivity contribution < 1.29 is 4.79 Å². The number of carbonyl (C=O) groups excluding carboxylic acids is 1. The zero-order chi connectivity index (χ0) is 23.2. The Balaban J connectivity index is 1.65. The molecule has 0 spiro atoms. The number of nitrogens with one attached hydrogen (secondary N) is 1. The molecule has 0 bridgehead atoms. The minimum absolute atomic E-state index is 0.00487. The highest BCUT2D eigenvalue weighted by Crippen LogP contribution is 2.33. The average molecular weight is 442 g/mol. The van der Waals surface area contributed by atoms with E-state index in [9.17, 15) is 4.79 Å². The number of H-pyrrole nitrogens is 1. The summed E-state index contributed by atoms with van der Waals surface area (Å²) in [6.07, 6.45) is 7.19. The molecule has 1 aliphatic rings. The highest BCUT2D eigenvalue weighted by atomic mass is 16.2. The number of aryl methyl sites for hydroxylation is 1. The molecule has 1 fully saturated rings. The molecule has 1 N–H and O–H groups in total. The van der Waals surface area contributed by atoms with E-state index in [0.717, 1.165) is 54.7 Å². The van der Waals surface area contributed by atoms with Crippen LogP contribution in [0.15, 0.2) is 61.1 Å². The number of piperazine rings is 1. The summed E-state index contributed by atoms with van der Waals surface area (Å²) in [5, 5.41) is 9.14. The van der Waals surface area contributed by atoms with E-state index in [0.29, 0.717) is 12.1 Å². The standard InChI is InChI=1S/C27H31N5O/c1-3-4-8-25-27(33)32(24-9-6-5-7-20(24)2)15-14-31(25)26(23-18-29-19-30-23)16-21-10-12-22(17-28)13-11-21/h5-7,9-13,18-19,25-26H,3-4,8,14-16H2,1-2H3,(H,29,30)/t25-,26?/m0/s1. The molecule has 4 rings (SSSR count). The smallest absolute Gasteiger partial charge is 0.244 e. The predicted molar refractivity (Wildman–Crippen MR) is 130 cm³/mol. The lowest BCUT2D eigenvalue weighted by Gasteiger charge is -2.44. The van der Waals surface area contributed by atoms with Crippen molar-refractivity contribution in [2.75, 3.05) is 18.0 Å². The van der Waals surface area contributed by atoms with Gasteiger partial charge in [0.2, 0.25) is 5.91 Å². The monoisotopic (exact) mass is 441 g/mol. The molecule has 1 unspecified atom stereocenters. The molecule has 0 saturated carbocycles. The molecular formula is C27H31N5O. The number of imidazole rings is 1. The topological polar surface area (TPSA) is 76.0 Å². The summed E-state index contributed by atoms with van der Waals surface area (Å²) in [7, 11) is 0. The number of nitrogens with zero attached hydrogens (tertiary/aromatic N) is 4. The first-order valence-electron chi connectivity index (χ1n) is 11.7. The summed E-state index contributed by atoms with van der Waals surface area (Å²) in [6.45, 7) is 5.67. The van der Waals surface area contributed by atoms with Crippen LogP contribution in [0, 0.1) is 18.3 Å². The largest absolute Gasteiger partial charge is 0.347 e. The van der Waals surface area contributed by atoms with E-state index < -0.39 is 0 Å². The summed E-state index contributed by atoms with van der Waals surface area (Å²) in [4.78, 5) is 25.7. The summed E-state index contributed by atoms with van der Waals surface area (Å²) in [6, 6.07) is 17.9. The van der Waals surface area contributed by atoms with Gasteiger partial charge in [-0.15, -0.1) is 0 Å². The number of anilines is 1. The van der Waals surface area contributed by atoms with E-state index in [4.69, 9.17) is 5.26 Å². The van der Waals surface area contributed by atoms with Gasteiger partial charge < -0.3 is 9.88 Å². The van der Waals surface area contributed by atoms with E-state index in [-0.39, 0.29) is 18.0 Å². The van der Waals surface area contributed by atoms with Crippen LogP contribution in [0.2, 0.25) is 0 Å². The molecule has 0 radical (unpaired) electrons. The van der Waals surface area contributed by atoms with Crippen molar-refractivity contribution in [1.29, 1.82) is 5.26 Å². The van der Waals surface area contributed by atoms with Gasteiger partial charge in [0.25, 0.3) is 0 Å². The highest BCUT2D eigenvalue weighted by molar-refractivity contribution is 5.98. The van der Waals surface area contributed by atoms with E-state index in [1.807, 2.05) is 53.6 Å². The van der Waals surface area contributed by atoms with Gasteiger partial charge in [-0.25, -0.2) is 4.98 Å². The zero-order valence-electron chi connectivity index (χ0n) is 19.4. The van der Waals surface area contributed by atoms with Crippen molar-refractivity contribution in [1.82, 2.24) is 14.9 Å². The summed E-state index contributed by atoms with van der Waals surface area (Å²) >= 11 is 0. The molecule has 2 atom stereocenters. The van der Waals surface area contributed by atoms with E-state index in [1.165, 1.54) is 0 Å². The Hall–Kier alpha value is -3.43. The molecule has 2 heterocycles. The Morgan fingerprint density at radius 3 is 2.64 bits per heavy atom. The number of carbonyl (C=O) groups is 1. The fourth-order valence-corrected chi connectivity index (χ4v) is 4.76. The molecule has 1 aromatic heterocycles. The molecule has 33 heavy (non-hydrogen) atoms. The van der Waals surface area contributed by atoms with Crippen molar-refractivity contribution >= 4 is 11.6 Å². The minimum atomic E-state index is -0.190. The van der Waals surface area contributed by atoms with Gasteiger partial charge in [0.05, 0.1) is 35.7 Å². The lowest BCUT2D eigenvalue weighted by atomic mass is 9.95. The first-order valence-corrected chi connectivity index (χ1v) is 11.7. The molecule has 170 valence electrons. The number of rotatable bonds is 8. The van der Waals surface area contributed by atoms with Gasteiger partial charge >= 0.3 is 0 Å².